The number of aromatic nitrogens is 2. The summed E-state index contributed by atoms with van der Waals surface area (Å²) in [6.07, 6.45) is -3.57. The van der Waals surface area contributed by atoms with Gasteiger partial charge in [-0.25, -0.2) is 0 Å². The molecule has 0 aliphatic carbocycles. The van der Waals surface area contributed by atoms with Gasteiger partial charge in [-0.2, -0.15) is 18.3 Å². The van der Waals surface area contributed by atoms with E-state index < -0.39 is 11.7 Å². The molecule has 0 saturated carbocycles. The molecule has 3 N–H and O–H groups in total. The minimum Gasteiger partial charge on any atom is -0.347 e. The molecule has 3 rings (SSSR count). The van der Waals surface area contributed by atoms with Crippen LogP contribution in [0.5, 0.6) is 0 Å². The van der Waals surface area contributed by atoms with Crippen LogP contribution in [0, 0.1) is 0 Å². The summed E-state index contributed by atoms with van der Waals surface area (Å²) in [5, 5.41) is 12.7. The van der Waals surface area contributed by atoms with E-state index in [-0.39, 0.29) is 12.5 Å². The number of fused-ring (bicyclic) bond motifs is 1. The molecule has 0 unspecified atom stereocenters. The predicted octanol–water partition coefficient (Wildman–Crippen LogP) is 2.00. The fourth-order valence-electron chi connectivity index (χ4n) is 2.49. The van der Waals surface area contributed by atoms with Gasteiger partial charge in [-0.3, -0.25) is 9.89 Å². The van der Waals surface area contributed by atoms with Crippen molar-refractivity contribution in [2.75, 3.05) is 6.54 Å². The first-order chi connectivity index (χ1) is 10.9. The van der Waals surface area contributed by atoms with Gasteiger partial charge in [0.15, 0.2) is 5.69 Å². The third-order valence-electron chi connectivity index (χ3n) is 3.76. The molecule has 0 fully saturated rings. The van der Waals surface area contributed by atoms with Crippen LogP contribution in [-0.4, -0.2) is 22.6 Å². The summed E-state index contributed by atoms with van der Waals surface area (Å²) in [5.41, 5.74) is 2.01. The van der Waals surface area contributed by atoms with Gasteiger partial charge < -0.3 is 10.6 Å². The summed E-state index contributed by atoms with van der Waals surface area (Å²) in [6.45, 7) is 1.56. The predicted molar refractivity (Wildman–Crippen MR) is 76.6 cm³/mol. The highest BCUT2D eigenvalue weighted by Gasteiger charge is 2.30. The van der Waals surface area contributed by atoms with Gasteiger partial charge in [0.05, 0.1) is 5.56 Å². The summed E-state index contributed by atoms with van der Waals surface area (Å²) < 4.78 is 37.5. The van der Waals surface area contributed by atoms with E-state index in [1.807, 2.05) is 0 Å². The summed E-state index contributed by atoms with van der Waals surface area (Å²) in [7, 11) is 0. The average Bonchev–Trinajstić information content (AvgIpc) is 2.96. The second kappa shape index (κ2) is 6.04. The van der Waals surface area contributed by atoms with Gasteiger partial charge in [0.2, 0.25) is 0 Å². The van der Waals surface area contributed by atoms with Crippen molar-refractivity contribution in [2.24, 2.45) is 0 Å². The molecule has 0 spiro atoms. The number of alkyl halides is 3. The summed E-state index contributed by atoms with van der Waals surface area (Å²) >= 11 is 0. The van der Waals surface area contributed by atoms with Crippen molar-refractivity contribution in [2.45, 2.75) is 25.7 Å². The van der Waals surface area contributed by atoms with Gasteiger partial charge >= 0.3 is 6.18 Å². The van der Waals surface area contributed by atoms with Crippen molar-refractivity contribution in [3.05, 3.63) is 52.3 Å². The van der Waals surface area contributed by atoms with E-state index in [1.54, 1.807) is 0 Å². The van der Waals surface area contributed by atoms with Gasteiger partial charge in [0.1, 0.15) is 0 Å². The first-order valence-corrected chi connectivity index (χ1v) is 7.16. The van der Waals surface area contributed by atoms with E-state index in [9.17, 15) is 18.0 Å². The van der Waals surface area contributed by atoms with Crippen molar-refractivity contribution in [1.29, 1.82) is 0 Å². The van der Waals surface area contributed by atoms with Crippen LogP contribution >= 0.6 is 0 Å². The number of nitrogens with one attached hydrogen (secondary N) is 3. The van der Waals surface area contributed by atoms with Crippen molar-refractivity contribution in [1.82, 2.24) is 20.8 Å². The Kier molecular flexibility index (Phi) is 4.08. The number of aromatic amines is 1. The van der Waals surface area contributed by atoms with Crippen LogP contribution < -0.4 is 10.6 Å². The van der Waals surface area contributed by atoms with Crippen LogP contribution in [-0.2, 0) is 25.7 Å². The normalized spacial score (nSPS) is 14.4. The van der Waals surface area contributed by atoms with Crippen LogP contribution in [0.3, 0.4) is 0 Å². The number of carbonyl (C=O) groups is 1. The Morgan fingerprint density at radius 2 is 2.00 bits per heavy atom. The SMILES string of the molecule is O=C(NCc1ccc(C(F)(F)F)cc1)c1n[nH]c2c1CNCC2. The van der Waals surface area contributed by atoms with Crippen molar-refractivity contribution in [3.8, 4) is 0 Å². The van der Waals surface area contributed by atoms with E-state index in [0.29, 0.717) is 17.8 Å². The first-order valence-electron chi connectivity index (χ1n) is 7.16. The molecule has 1 aliphatic heterocycles. The molecule has 1 amide bonds. The average molecular weight is 324 g/mol. The molecule has 2 heterocycles. The summed E-state index contributed by atoms with van der Waals surface area (Å²) in [6, 6.07) is 4.71. The topological polar surface area (TPSA) is 69.8 Å². The Labute approximate surface area is 130 Å². The maximum atomic E-state index is 12.5. The molecule has 5 nitrogen and oxygen atoms in total. The van der Waals surface area contributed by atoms with Crippen molar-refractivity contribution in [3.63, 3.8) is 0 Å². The maximum Gasteiger partial charge on any atom is 0.416 e. The number of rotatable bonds is 3. The molecule has 8 heteroatoms. The van der Waals surface area contributed by atoms with Crippen LogP contribution in [0.1, 0.15) is 32.9 Å². The number of benzene rings is 1. The Hall–Kier alpha value is -2.35. The fourth-order valence-corrected chi connectivity index (χ4v) is 2.49. The monoisotopic (exact) mass is 324 g/mol. The number of carbonyl (C=O) groups excluding carboxylic acids is 1. The van der Waals surface area contributed by atoms with Crippen LogP contribution in [0.15, 0.2) is 24.3 Å². The highest BCUT2D eigenvalue weighted by Crippen LogP contribution is 2.29. The second-order valence-corrected chi connectivity index (χ2v) is 5.33. The number of nitrogens with zero attached hydrogens (tertiary/aromatic N) is 1. The lowest BCUT2D eigenvalue weighted by Crippen LogP contribution is -2.28. The first kappa shape index (κ1) is 15.5. The Bertz CT molecular complexity index is 707. The highest BCUT2D eigenvalue weighted by atomic mass is 19.4. The smallest absolute Gasteiger partial charge is 0.347 e. The molecule has 0 atom stereocenters. The van der Waals surface area contributed by atoms with Crippen LogP contribution in [0.25, 0.3) is 0 Å². The molecule has 0 saturated heterocycles. The summed E-state index contributed by atoms with van der Waals surface area (Å²) in [5.74, 6) is -0.342. The number of hydrogen-bond donors (Lipinski definition) is 3. The Morgan fingerprint density at radius 1 is 1.26 bits per heavy atom. The van der Waals surface area contributed by atoms with Gasteiger partial charge in [-0.05, 0) is 17.7 Å². The third-order valence-corrected chi connectivity index (χ3v) is 3.76. The molecular formula is C15H15F3N4O. The van der Waals surface area contributed by atoms with Crippen LogP contribution in [0.4, 0.5) is 13.2 Å². The number of hydrogen-bond acceptors (Lipinski definition) is 3. The largest absolute Gasteiger partial charge is 0.416 e. The minimum atomic E-state index is -4.36. The minimum absolute atomic E-state index is 0.145. The molecule has 1 aromatic carbocycles. The molecule has 1 aromatic heterocycles. The van der Waals surface area contributed by atoms with E-state index in [1.165, 1.54) is 12.1 Å². The summed E-state index contributed by atoms with van der Waals surface area (Å²) in [4.78, 5) is 12.2. The molecule has 122 valence electrons. The molecular weight excluding hydrogens is 309 g/mol. The van der Waals surface area contributed by atoms with E-state index in [4.69, 9.17) is 0 Å². The Morgan fingerprint density at radius 3 is 2.70 bits per heavy atom. The second-order valence-electron chi connectivity index (χ2n) is 5.33. The van der Waals surface area contributed by atoms with E-state index in [0.717, 1.165) is 36.4 Å². The molecule has 0 bridgehead atoms. The number of H-pyrrole nitrogens is 1. The zero-order valence-electron chi connectivity index (χ0n) is 12.1. The highest BCUT2D eigenvalue weighted by molar-refractivity contribution is 5.94. The van der Waals surface area contributed by atoms with Crippen molar-refractivity contribution < 1.29 is 18.0 Å². The van der Waals surface area contributed by atoms with Gasteiger partial charge in [-0.15, -0.1) is 0 Å². The quantitative estimate of drug-likeness (QED) is 0.809. The fraction of sp³-hybridized carbons (Fsp3) is 0.333. The molecule has 2 aromatic rings. The van der Waals surface area contributed by atoms with E-state index >= 15 is 0 Å². The van der Waals surface area contributed by atoms with E-state index in [2.05, 4.69) is 20.8 Å². The maximum absolute atomic E-state index is 12.5. The Balaban J connectivity index is 1.64. The number of amides is 1. The van der Waals surface area contributed by atoms with Crippen molar-refractivity contribution >= 4 is 5.91 Å². The lowest BCUT2D eigenvalue weighted by atomic mass is 10.1. The molecule has 1 aliphatic rings. The zero-order chi connectivity index (χ0) is 16.4. The zero-order valence-corrected chi connectivity index (χ0v) is 12.1. The number of halogens is 3. The molecule has 0 radical (unpaired) electrons. The van der Waals surface area contributed by atoms with Gasteiger partial charge in [0.25, 0.3) is 5.91 Å². The van der Waals surface area contributed by atoms with Gasteiger partial charge in [-0.1, -0.05) is 12.1 Å². The van der Waals surface area contributed by atoms with Gasteiger partial charge in [0, 0.05) is 37.3 Å². The third kappa shape index (κ3) is 3.37. The molecule has 23 heavy (non-hydrogen) atoms. The lowest BCUT2D eigenvalue weighted by Gasteiger charge is -2.13. The van der Waals surface area contributed by atoms with Crippen LogP contribution in [0.2, 0.25) is 0 Å². The lowest BCUT2D eigenvalue weighted by molar-refractivity contribution is -0.137. The standard InChI is InChI=1S/C15H15F3N4O/c16-15(17,18)10-3-1-9(2-4-10)7-20-14(23)13-11-8-19-6-5-12(11)21-22-13/h1-4,19H,5-8H2,(H,20,23)(H,21,22).